The van der Waals surface area contributed by atoms with Gasteiger partial charge in [0.25, 0.3) is 0 Å². The first-order valence-electron chi connectivity index (χ1n) is 4.81. The molecule has 15 heavy (non-hydrogen) atoms. The molecule has 1 aromatic carbocycles. The SMILES string of the molecule is O=[SH](=O)Cc1ccc([C@@H]2NCCO2)cc1. The maximum absolute atomic E-state index is 10.5. The van der Waals surface area contributed by atoms with Crippen molar-refractivity contribution in [1.82, 2.24) is 5.32 Å². The summed E-state index contributed by atoms with van der Waals surface area (Å²) in [5, 5.41) is 3.19. The van der Waals surface area contributed by atoms with Crippen LogP contribution in [0.4, 0.5) is 0 Å². The highest BCUT2D eigenvalue weighted by Crippen LogP contribution is 2.18. The summed E-state index contributed by atoms with van der Waals surface area (Å²) in [6.07, 6.45) is -0.0416. The minimum Gasteiger partial charge on any atom is -0.358 e. The van der Waals surface area contributed by atoms with Crippen molar-refractivity contribution in [3.63, 3.8) is 0 Å². The lowest BCUT2D eigenvalue weighted by Crippen LogP contribution is -2.13. The van der Waals surface area contributed by atoms with Crippen molar-refractivity contribution in [2.45, 2.75) is 12.0 Å². The molecule has 1 atom stereocenters. The molecule has 1 fully saturated rings. The van der Waals surface area contributed by atoms with Crippen LogP contribution in [0.1, 0.15) is 17.4 Å². The molecule has 0 saturated carbocycles. The number of benzene rings is 1. The lowest BCUT2D eigenvalue weighted by molar-refractivity contribution is 0.102. The van der Waals surface area contributed by atoms with Gasteiger partial charge in [0.15, 0.2) is 0 Å². The number of hydrogen-bond acceptors (Lipinski definition) is 4. The van der Waals surface area contributed by atoms with Gasteiger partial charge in [0, 0.05) is 6.54 Å². The zero-order valence-electron chi connectivity index (χ0n) is 8.18. The van der Waals surface area contributed by atoms with E-state index in [0.717, 1.165) is 24.3 Å². The van der Waals surface area contributed by atoms with E-state index in [2.05, 4.69) is 5.32 Å². The van der Waals surface area contributed by atoms with Gasteiger partial charge in [-0.2, -0.15) is 0 Å². The van der Waals surface area contributed by atoms with E-state index >= 15 is 0 Å². The molecule has 0 bridgehead atoms. The van der Waals surface area contributed by atoms with Crippen molar-refractivity contribution in [2.24, 2.45) is 0 Å². The number of hydrogen-bond donors (Lipinski definition) is 2. The molecule has 1 saturated heterocycles. The number of nitrogens with one attached hydrogen (secondary N) is 1. The van der Waals surface area contributed by atoms with Crippen molar-refractivity contribution in [1.29, 1.82) is 0 Å². The molecule has 1 aromatic rings. The predicted molar refractivity (Wildman–Crippen MR) is 57.2 cm³/mol. The molecule has 0 unspecified atom stereocenters. The Morgan fingerprint density at radius 3 is 2.60 bits per heavy atom. The maximum Gasteiger partial charge on any atom is 0.144 e. The molecule has 4 nitrogen and oxygen atoms in total. The second-order valence-electron chi connectivity index (χ2n) is 3.44. The quantitative estimate of drug-likeness (QED) is 0.735. The third-order valence-electron chi connectivity index (χ3n) is 2.31. The molecule has 1 aliphatic rings. The molecule has 82 valence electrons. The Morgan fingerprint density at radius 1 is 1.33 bits per heavy atom. The van der Waals surface area contributed by atoms with Crippen LogP contribution in [0.2, 0.25) is 0 Å². The third-order valence-corrected chi connectivity index (χ3v) is 2.93. The van der Waals surface area contributed by atoms with Crippen molar-refractivity contribution in [2.75, 3.05) is 13.2 Å². The fourth-order valence-electron chi connectivity index (χ4n) is 1.59. The fraction of sp³-hybridized carbons (Fsp3) is 0.400. The molecule has 0 spiro atoms. The zero-order valence-corrected chi connectivity index (χ0v) is 9.07. The summed E-state index contributed by atoms with van der Waals surface area (Å²) in [6, 6.07) is 7.45. The van der Waals surface area contributed by atoms with Crippen LogP contribution in [0.15, 0.2) is 24.3 Å². The van der Waals surface area contributed by atoms with Gasteiger partial charge in [-0.05, 0) is 11.1 Å². The van der Waals surface area contributed by atoms with E-state index in [-0.39, 0.29) is 12.0 Å². The molecule has 0 amide bonds. The van der Waals surface area contributed by atoms with Crippen molar-refractivity contribution >= 4 is 10.7 Å². The van der Waals surface area contributed by atoms with Crippen LogP contribution < -0.4 is 5.32 Å². The summed E-state index contributed by atoms with van der Waals surface area (Å²) in [5.41, 5.74) is 1.85. The average molecular weight is 227 g/mol. The first kappa shape index (κ1) is 10.6. The second-order valence-corrected chi connectivity index (χ2v) is 4.42. The minimum atomic E-state index is -2.34. The van der Waals surface area contributed by atoms with Crippen LogP contribution in [0.5, 0.6) is 0 Å². The average Bonchev–Trinajstić information content (AvgIpc) is 2.71. The molecule has 2 rings (SSSR count). The molecular weight excluding hydrogens is 214 g/mol. The van der Waals surface area contributed by atoms with Crippen LogP contribution >= 0.6 is 0 Å². The molecule has 0 aliphatic carbocycles. The molecule has 1 N–H and O–H groups in total. The Morgan fingerprint density at radius 2 is 2.07 bits per heavy atom. The Labute approximate surface area is 90.2 Å². The highest BCUT2D eigenvalue weighted by molar-refractivity contribution is 7.71. The van der Waals surface area contributed by atoms with Crippen LogP contribution in [0, 0.1) is 0 Å². The first-order chi connectivity index (χ1) is 7.25. The summed E-state index contributed by atoms with van der Waals surface area (Å²) < 4.78 is 26.4. The largest absolute Gasteiger partial charge is 0.358 e. The standard InChI is InChI=1S/C10H13NO3S/c12-15(13)7-8-1-3-9(4-2-8)10-11-5-6-14-10/h1-4,10-11,15H,5-7H2/t10-/m1/s1. The van der Waals surface area contributed by atoms with E-state index in [1.807, 2.05) is 24.3 Å². The number of thiol groups is 1. The van der Waals surface area contributed by atoms with Gasteiger partial charge in [0.05, 0.1) is 12.4 Å². The van der Waals surface area contributed by atoms with Gasteiger partial charge in [-0.15, -0.1) is 0 Å². The Hall–Kier alpha value is -0.910. The molecule has 0 radical (unpaired) electrons. The fourth-order valence-corrected chi connectivity index (χ4v) is 2.10. The highest BCUT2D eigenvalue weighted by Gasteiger charge is 2.15. The van der Waals surface area contributed by atoms with Crippen molar-refractivity contribution in [3.05, 3.63) is 35.4 Å². The van der Waals surface area contributed by atoms with Gasteiger partial charge in [0.2, 0.25) is 0 Å². The van der Waals surface area contributed by atoms with Crippen molar-refractivity contribution in [3.8, 4) is 0 Å². The highest BCUT2D eigenvalue weighted by atomic mass is 32.2. The molecule has 5 heteroatoms. The lowest BCUT2D eigenvalue weighted by atomic mass is 10.1. The predicted octanol–water partition coefficient (Wildman–Crippen LogP) is 0.416. The van der Waals surface area contributed by atoms with E-state index < -0.39 is 10.7 Å². The van der Waals surface area contributed by atoms with E-state index in [9.17, 15) is 8.42 Å². The van der Waals surface area contributed by atoms with Crippen LogP contribution in [0.3, 0.4) is 0 Å². The Kier molecular flexibility index (Phi) is 3.35. The van der Waals surface area contributed by atoms with Gasteiger partial charge in [0.1, 0.15) is 16.9 Å². The summed E-state index contributed by atoms with van der Waals surface area (Å²) in [4.78, 5) is 0. The summed E-state index contributed by atoms with van der Waals surface area (Å²) in [7, 11) is -2.34. The van der Waals surface area contributed by atoms with Gasteiger partial charge in [-0.1, -0.05) is 24.3 Å². The minimum absolute atomic E-state index is 0.0416. The zero-order chi connectivity index (χ0) is 10.7. The molecule has 1 aliphatic heterocycles. The van der Waals surface area contributed by atoms with Gasteiger partial charge in [-0.25, -0.2) is 8.42 Å². The van der Waals surface area contributed by atoms with E-state index in [4.69, 9.17) is 4.74 Å². The van der Waals surface area contributed by atoms with E-state index in [0.29, 0.717) is 0 Å². The summed E-state index contributed by atoms with van der Waals surface area (Å²) >= 11 is 0. The second kappa shape index (κ2) is 4.74. The monoisotopic (exact) mass is 227 g/mol. The van der Waals surface area contributed by atoms with Crippen LogP contribution in [-0.2, 0) is 21.2 Å². The Balaban J connectivity index is 2.09. The molecule has 0 aromatic heterocycles. The van der Waals surface area contributed by atoms with Crippen LogP contribution in [0.25, 0.3) is 0 Å². The smallest absolute Gasteiger partial charge is 0.144 e. The lowest BCUT2D eigenvalue weighted by Gasteiger charge is -2.10. The number of ether oxygens (including phenoxy) is 1. The van der Waals surface area contributed by atoms with Gasteiger partial charge in [-0.3, -0.25) is 5.32 Å². The summed E-state index contributed by atoms with van der Waals surface area (Å²) in [5.74, 6) is 0.106. The first-order valence-corrected chi connectivity index (χ1v) is 6.17. The topological polar surface area (TPSA) is 55.4 Å². The maximum atomic E-state index is 10.5. The third kappa shape index (κ3) is 2.77. The van der Waals surface area contributed by atoms with Crippen molar-refractivity contribution < 1.29 is 13.2 Å². The van der Waals surface area contributed by atoms with Gasteiger partial charge < -0.3 is 4.74 Å². The van der Waals surface area contributed by atoms with Gasteiger partial charge >= 0.3 is 0 Å². The van der Waals surface area contributed by atoms with E-state index in [1.165, 1.54) is 0 Å². The Bertz CT molecular complexity index is 386. The normalized spacial score (nSPS) is 21.0. The molecular formula is C10H13NO3S. The number of rotatable bonds is 3. The van der Waals surface area contributed by atoms with E-state index in [1.54, 1.807) is 0 Å². The summed E-state index contributed by atoms with van der Waals surface area (Å²) in [6.45, 7) is 1.58. The molecule has 1 heterocycles. The van der Waals surface area contributed by atoms with Crippen LogP contribution in [-0.4, -0.2) is 21.6 Å².